The van der Waals surface area contributed by atoms with Crippen molar-refractivity contribution in [3.8, 4) is 21.5 Å². The number of ketones is 1. The molecular formula is C26H25N5O5S. The number of ether oxygens (including phenoxy) is 2. The van der Waals surface area contributed by atoms with Gasteiger partial charge in [-0.1, -0.05) is 29.5 Å². The number of H-pyrrole nitrogens is 1. The van der Waals surface area contributed by atoms with E-state index in [0.29, 0.717) is 52.8 Å². The summed E-state index contributed by atoms with van der Waals surface area (Å²) in [5.74, 6) is -0.978. The maximum atomic E-state index is 13.4. The van der Waals surface area contributed by atoms with Crippen LogP contribution in [0.15, 0.2) is 48.9 Å². The molecule has 5 rings (SSSR count). The minimum atomic E-state index is -0.649. The van der Waals surface area contributed by atoms with E-state index >= 15 is 0 Å². The molecule has 190 valence electrons. The fraction of sp³-hybridized carbons (Fsp3) is 0.269. The third kappa shape index (κ3) is 4.65. The topological polar surface area (TPSA) is 118 Å². The minimum Gasteiger partial charge on any atom is -0.494 e. The van der Waals surface area contributed by atoms with Crippen LogP contribution in [0.2, 0.25) is 0 Å². The van der Waals surface area contributed by atoms with Crippen molar-refractivity contribution in [3.05, 3.63) is 60.0 Å². The van der Waals surface area contributed by atoms with E-state index in [1.165, 1.54) is 35.7 Å². The average molecular weight is 520 g/mol. The summed E-state index contributed by atoms with van der Waals surface area (Å²) in [6.45, 7) is 3.63. The number of carbonyl (C=O) groups is 3. The van der Waals surface area contributed by atoms with Gasteiger partial charge in [0.1, 0.15) is 11.4 Å². The normalized spacial score (nSPS) is 13.6. The third-order valence-electron chi connectivity index (χ3n) is 6.19. The van der Waals surface area contributed by atoms with Crippen molar-refractivity contribution in [2.45, 2.75) is 6.92 Å². The van der Waals surface area contributed by atoms with E-state index in [1.807, 2.05) is 25.1 Å². The van der Waals surface area contributed by atoms with Crippen molar-refractivity contribution in [2.24, 2.45) is 0 Å². The van der Waals surface area contributed by atoms with E-state index in [-0.39, 0.29) is 24.6 Å². The summed E-state index contributed by atoms with van der Waals surface area (Å²) in [5.41, 5.74) is 1.96. The number of rotatable bonds is 7. The first-order valence-corrected chi connectivity index (χ1v) is 12.6. The van der Waals surface area contributed by atoms with Crippen molar-refractivity contribution < 1.29 is 23.9 Å². The highest BCUT2D eigenvalue weighted by atomic mass is 32.1. The lowest BCUT2D eigenvalue weighted by Gasteiger charge is -2.34. The molecule has 3 aromatic heterocycles. The SMILES string of the molecule is CCOc1ncc(-c2ncc(OC)c3c(C(=O)C(=O)N4CCN(C(=O)c5ccccc5)CC4)c[nH]c23)s1. The quantitative estimate of drug-likeness (QED) is 0.294. The predicted octanol–water partition coefficient (Wildman–Crippen LogP) is 3.26. The van der Waals surface area contributed by atoms with Gasteiger partial charge < -0.3 is 24.3 Å². The van der Waals surface area contributed by atoms with Crippen LogP contribution in [0.1, 0.15) is 27.6 Å². The first-order chi connectivity index (χ1) is 18.0. The van der Waals surface area contributed by atoms with Crippen LogP contribution in [0.4, 0.5) is 0 Å². The second-order valence-corrected chi connectivity index (χ2v) is 9.32. The number of hydrogen-bond acceptors (Lipinski definition) is 8. The van der Waals surface area contributed by atoms with Crippen LogP contribution in [0.25, 0.3) is 21.5 Å². The molecule has 0 bridgehead atoms. The molecule has 1 aromatic carbocycles. The summed E-state index contributed by atoms with van der Waals surface area (Å²) in [7, 11) is 1.49. The summed E-state index contributed by atoms with van der Waals surface area (Å²) in [6, 6.07) is 9.01. The number of aromatic nitrogens is 3. The summed E-state index contributed by atoms with van der Waals surface area (Å²) in [6.07, 6.45) is 4.70. The van der Waals surface area contributed by atoms with Gasteiger partial charge in [-0.05, 0) is 19.1 Å². The molecule has 0 radical (unpaired) electrons. The Kier molecular flexibility index (Phi) is 6.87. The van der Waals surface area contributed by atoms with Gasteiger partial charge in [0.15, 0.2) is 0 Å². The molecule has 11 heteroatoms. The zero-order valence-corrected chi connectivity index (χ0v) is 21.2. The molecular weight excluding hydrogens is 494 g/mol. The standard InChI is InChI=1S/C26H25N5O5S/c1-3-36-26-29-15-19(37-26)21-22-20(18(35-2)14-28-21)17(13-27-22)23(32)25(34)31-11-9-30(10-12-31)24(33)16-7-5-4-6-8-16/h4-8,13-15,27H,3,9-12H2,1-2H3. The lowest BCUT2D eigenvalue weighted by atomic mass is 10.1. The number of thiazole rings is 1. The number of hydrogen-bond donors (Lipinski definition) is 1. The summed E-state index contributed by atoms with van der Waals surface area (Å²) in [5, 5.41) is 1.00. The van der Waals surface area contributed by atoms with Crippen molar-refractivity contribution in [1.29, 1.82) is 0 Å². The number of pyridine rings is 1. The zero-order valence-electron chi connectivity index (χ0n) is 20.4. The fourth-order valence-electron chi connectivity index (χ4n) is 4.33. The molecule has 1 saturated heterocycles. The lowest BCUT2D eigenvalue weighted by Crippen LogP contribution is -2.52. The van der Waals surface area contributed by atoms with Crippen molar-refractivity contribution >= 4 is 39.8 Å². The van der Waals surface area contributed by atoms with Gasteiger partial charge in [-0.15, -0.1) is 0 Å². The summed E-state index contributed by atoms with van der Waals surface area (Å²) < 4.78 is 10.9. The van der Waals surface area contributed by atoms with E-state index < -0.39 is 11.7 Å². The van der Waals surface area contributed by atoms with E-state index in [9.17, 15) is 14.4 Å². The second kappa shape index (κ2) is 10.4. The van der Waals surface area contributed by atoms with Gasteiger partial charge in [-0.25, -0.2) is 9.97 Å². The van der Waals surface area contributed by atoms with Gasteiger partial charge in [-0.3, -0.25) is 14.4 Å². The van der Waals surface area contributed by atoms with Gasteiger partial charge in [-0.2, -0.15) is 0 Å². The molecule has 4 aromatic rings. The number of nitrogens with zero attached hydrogens (tertiary/aromatic N) is 4. The number of piperazine rings is 1. The Morgan fingerprint density at radius 2 is 1.76 bits per heavy atom. The van der Waals surface area contributed by atoms with Crippen LogP contribution < -0.4 is 9.47 Å². The third-order valence-corrected chi connectivity index (χ3v) is 7.11. The van der Waals surface area contributed by atoms with E-state index in [1.54, 1.807) is 23.2 Å². The number of Topliss-reactive ketones (excluding diaryl/α,β-unsaturated/α-hetero) is 1. The largest absolute Gasteiger partial charge is 0.494 e. The van der Waals surface area contributed by atoms with Crippen LogP contribution in [-0.2, 0) is 4.79 Å². The molecule has 0 aliphatic carbocycles. The highest BCUT2D eigenvalue weighted by Crippen LogP contribution is 2.38. The van der Waals surface area contributed by atoms with Gasteiger partial charge in [0, 0.05) is 37.9 Å². The lowest BCUT2D eigenvalue weighted by molar-refractivity contribution is -0.127. The molecule has 0 saturated carbocycles. The van der Waals surface area contributed by atoms with Crippen LogP contribution in [0.3, 0.4) is 0 Å². The number of fused-ring (bicyclic) bond motifs is 1. The maximum absolute atomic E-state index is 13.4. The van der Waals surface area contributed by atoms with E-state index in [0.717, 1.165) is 4.88 Å². The Bertz CT molecular complexity index is 1460. The maximum Gasteiger partial charge on any atom is 0.295 e. The summed E-state index contributed by atoms with van der Waals surface area (Å²) in [4.78, 5) is 55.1. The molecule has 2 amide bonds. The Morgan fingerprint density at radius 1 is 1.03 bits per heavy atom. The Labute approximate surface area is 216 Å². The molecule has 1 aliphatic rings. The molecule has 0 spiro atoms. The molecule has 4 heterocycles. The van der Waals surface area contributed by atoms with Gasteiger partial charge in [0.05, 0.1) is 47.5 Å². The highest BCUT2D eigenvalue weighted by molar-refractivity contribution is 7.16. The number of carbonyl (C=O) groups excluding carboxylic acids is 3. The molecule has 0 unspecified atom stereocenters. The Morgan fingerprint density at radius 3 is 2.46 bits per heavy atom. The monoisotopic (exact) mass is 519 g/mol. The van der Waals surface area contributed by atoms with Crippen molar-refractivity contribution in [3.63, 3.8) is 0 Å². The Hall–Kier alpha value is -4.25. The van der Waals surface area contributed by atoms with E-state index in [2.05, 4.69) is 15.0 Å². The van der Waals surface area contributed by atoms with Crippen LogP contribution in [0.5, 0.6) is 10.9 Å². The summed E-state index contributed by atoms with van der Waals surface area (Å²) >= 11 is 1.34. The molecule has 1 aliphatic heterocycles. The van der Waals surface area contributed by atoms with Crippen LogP contribution in [0, 0.1) is 0 Å². The zero-order chi connectivity index (χ0) is 25.9. The van der Waals surface area contributed by atoms with Gasteiger partial charge in [0.2, 0.25) is 0 Å². The number of methoxy groups -OCH3 is 1. The number of amides is 2. The highest BCUT2D eigenvalue weighted by Gasteiger charge is 2.31. The minimum absolute atomic E-state index is 0.0871. The molecule has 10 nitrogen and oxygen atoms in total. The van der Waals surface area contributed by atoms with Crippen molar-refractivity contribution in [2.75, 3.05) is 39.9 Å². The first-order valence-electron chi connectivity index (χ1n) is 11.8. The smallest absolute Gasteiger partial charge is 0.295 e. The molecule has 37 heavy (non-hydrogen) atoms. The van der Waals surface area contributed by atoms with Crippen LogP contribution in [-0.4, -0.2) is 82.2 Å². The van der Waals surface area contributed by atoms with Crippen molar-refractivity contribution in [1.82, 2.24) is 24.8 Å². The number of benzene rings is 1. The molecule has 1 fully saturated rings. The number of nitrogens with one attached hydrogen (secondary N) is 1. The van der Waals surface area contributed by atoms with Gasteiger partial charge in [0.25, 0.3) is 22.8 Å². The van der Waals surface area contributed by atoms with Gasteiger partial charge >= 0.3 is 0 Å². The molecule has 0 atom stereocenters. The first kappa shape index (κ1) is 24.4. The van der Waals surface area contributed by atoms with E-state index in [4.69, 9.17) is 9.47 Å². The Balaban J connectivity index is 1.36. The number of aromatic amines is 1. The fourth-order valence-corrected chi connectivity index (χ4v) is 5.16. The second-order valence-electron chi connectivity index (χ2n) is 8.33. The average Bonchev–Trinajstić information content (AvgIpc) is 3.60. The predicted molar refractivity (Wildman–Crippen MR) is 138 cm³/mol. The molecule has 1 N–H and O–H groups in total. The van der Waals surface area contributed by atoms with Crippen LogP contribution >= 0.6 is 11.3 Å².